The third kappa shape index (κ3) is 5.73. The van der Waals surface area contributed by atoms with Gasteiger partial charge in [0.2, 0.25) is 5.91 Å². The number of nitrogens with one attached hydrogen (secondary N) is 3. The van der Waals surface area contributed by atoms with E-state index in [1.54, 1.807) is 31.2 Å². The quantitative estimate of drug-likeness (QED) is 0.746. The summed E-state index contributed by atoms with van der Waals surface area (Å²) in [6.07, 6.45) is 2.40. The van der Waals surface area contributed by atoms with Crippen LogP contribution < -0.4 is 16.0 Å². The Labute approximate surface area is 120 Å². The van der Waals surface area contributed by atoms with Gasteiger partial charge in [0.15, 0.2) is 0 Å². The second kappa shape index (κ2) is 8.19. The Hall–Kier alpha value is -2.04. The molecule has 0 radical (unpaired) electrons. The van der Waals surface area contributed by atoms with E-state index in [-0.39, 0.29) is 18.0 Å². The van der Waals surface area contributed by atoms with Crippen LogP contribution in [-0.2, 0) is 4.79 Å². The van der Waals surface area contributed by atoms with E-state index in [0.29, 0.717) is 17.8 Å². The van der Waals surface area contributed by atoms with E-state index in [1.165, 1.54) is 0 Å². The van der Waals surface area contributed by atoms with Crippen LogP contribution in [-0.4, -0.2) is 18.0 Å². The number of anilines is 2. The predicted molar refractivity (Wildman–Crippen MR) is 81.9 cm³/mol. The molecule has 0 saturated heterocycles. The summed E-state index contributed by atoms with van der Waals surface area (Å²) in [6.45, 7) is 5.84. The Morgan fingerprint density at radius 3 is 2.40 bits per heavy atom. The molecule has 1 unspecified atom stereocenters. The van der Waals surface area contributed by atoms with Crippen LogP contribution in [0.3, 0.4) is 0 Å². The van der Waals surface area contributed by atoms with Crippen LogP contribution in [0.15, 0.2) is 24.3 Å². The molecule has 0 aliphatic heterocycles. The van der Waals surface area contributed by atoms with Crippen molar-refractivity contribution in [1.29, 1.82) is 0 Å². The maximum atomic E-state index is 11.8. The lowest BCUT2D eigenvalue weighted by molar-refractivity contribution is -0.115. The van der Waals surface area contributed by atoms with Gasteiger partial charge in [0.05, 0.1) is 0 Å². The number of urea groups is 1. The highest BCUT2D eigenvalue weighted by Crippen LogP contribution is 2.15. The first kappa shape index (κ1) is 16.0. The van der Waals surface area contributed by atoms with Gasteiger partial charge >= 0.3 is 6.03 Å². The van der Waals surface area contributed by atoms with Crippen molar-refractivity contribution in [2.24, 2.45) is 0 Å². The lowest BCUT2D eigenvalue weighted by Gasteiger charge is -2.14. The molecule has 1 aromatic carbocycles. The van der Waals surface area contributed by atoms with Crippen molar-refractivity contribution in [3.8, 4) is 0 Å². The zero-order valence-corrected chi connectivity index (χ0v) is 12.3. The molecule has 1 aromatic rings. The maximum Gasteiger partial charge on any atom is 0.319 e. The Morgan fingerprint density at radius 1 is 1.15 bits per heavy atom. The fourth-order valence-electron chi connectivity index (χ4n) is 1.82. The summed E-state index contributed by atoms with van der Waals surface area (Å²) < 4.78 is 0. The molecule has 3 amide bonds. The van der Waals surface area contributed by atoms with Gasteiger partial charge in [-0.3, -0.25) is 4.79 Å². The molecule has 0 saturated carbocycles. The summed E-state index contributed by atoms with van der Waals surface area (Å²) in [5, 5.41) is 8.38. The lowest BCUT2D eigenvalue weighted by atomic mass is 10.2. The van der Waals surface area contributed by atoms with Gasteiger partial charge in [-0.05, 0) is 31.5 Å². The predicted octanol–water partition coefficient (Wildman–Crippen LogP) is 3.35. The zero-order valence-electron chi connectivity index (χ0n) is 12.3. The number of rotatable bonds is 6. The first-order chi connectivity index (χ1) is 9.55. The van der Waals surface area contributed by atoms with Crippen molar-refractivity contribution in [3.63, 3.8) is 0 Å². The smallest absolute Gasteiger partial charge is 0.319 e. The van der Waals surface area contributed by atoms with E-state index in [1.807, 2.05) is 6.92 Å². The van der Waals surface area contributed by atoms with E-state index < -0.39 is 0 Å². The first-order valence-corrected chi connectivity index (χ1v) is 7.02. The van der Waals surface area contributed by atoms with Crippen LogP contribution in [0.4, 0.5) is 16.2 Å². The SMILES string of the molecule is CCCC(C)NC(=O)Nc1cccc(NC(=O)CC)c1. The molecule has 0 heterocycles. The van der Waals surface area contributed by atoms with Crippen LogP contribution in [0.2, 0.25) is 0 Å². The van der Waals surface area contributed by atoms with Crippen LogP contribution in [0.1, 0.15) is 40.0 Å². The van der Waals surface area contributed by atoms with Gasteiger partial charge in [-0.1, -0.05) is 26.3 Å². The van der Waals surface area contributed by atoms with Crippen molar-refractivity contribution in [2.45, 2.75) is 46.1 Å². The summed E-state index contributed by atoms with van der Waals surface area (Å²) in [7, 11) is 0. The summed E-state index contributed by atoms with van der Waals surface area (Å²) in [4.78, 5) is 23.1. The Bertz CT molecular complexity index is 460. The monoisotopic (exact) mass is 277 g/mol. The van der Waals surface area contributed by atoms with Gasteiger partial charge in [0.25, 0.3) is 0 Å². The number of hydrogen-bond donors (Lipinski definition) is 3. The highest BCUT2D eigenvalue weighted by Gasteiger charge is 2.07. The second-order valence-electron chi connectivity index (χ2n) is 4.77. The molecule has 0 aliphatic carbocycles. The fraction of sp³-hybridized carbons (Fsp3) is 0.467. The molecule has 1 atom stereocenters. The highest BCUT2D eigenvalue weighted by molar-refractivity contribution is 5.93. The minimum Gasteiger partial charge on any atom is -0.335 e. The van der Waals surface area contributed by atoms with Gasteiger partial charge in [-0.2, -0.15) is 0 Å². The van der Waals surface area contributed by atoms with Crippen LogP contribution in [0, 0.1) is 0 Å². The van der Waals surface area contributed by atoms with Crippen LogP contribution in [0.25, 0.3) is 0 Å². The Balaban J connectivity index is 2.57. The molecule has 3 N–H and O–H groups in total. The molecule has 0 spiro atoms. The third-order valence-electron chi connectivity index (χ3n) is 2.82. The highest BCUT2D eigenvalue weighted by atomic mass is 16.2. The van der Waals surface area contributed by atoms with Gasteiger partial charge in [-0.15, -0.1) is 0 Å². The Morgan fingerprint density at radius 2 is 1.80 bits per heavy atom. The Kier molecular flexibility index (Phi) is 6.56. The minimum atomic E-state index is -0.232. The summed E-state index contributed by atoms with van der Waals surface area (Å²) in [5.41, 5.74) is 1.33. The van der Waals surface area contributed by atoms with Crippen LogP contribution in [0.5, 0.6) is 0 Å². The largest absolute Gasteiger partial charge is 0.335 e. The molecule has 0 fully saturated rings. The van der Waals surface area contributed by atoms with Crippen molar-refractivity contribution in [1.82, 2.24) is 5.32 Å². The average Bonchev–Trinajstić information content (AvgIpc) is 2.38. The van der Waals surface area contributed by atoms with E-state index in [9.17, 15) is 9.59 Å². The summed E-state index contributed by atoms with van der Waals surface area (Å²) in [5.74, 6) is -0.0526. The van der Waals surface area contributed by atoms with E-state index in [4.69, 9.17) is 0 Å². The number of hydrogen-bond acceptors (Lipinski definition) is 2. The third-order valence-corrected chi connectivity index (χ3v) is 2.82. The lowest BCUT2D eigenvalue weighted by Crippen LogP contribution is -2.35. The maximum absolute atomic E-state index is 11.8. The fourth-order valence-corrected chi connectivity index (χ4v) is 1.82. The number of benzene rings is 1. The molecule has 5 nitrogen and oxygen atoms in total. The molecule has 20 heavy (non-hydrogen) atoms. The van der Waals surface area contributed by atoms with Gasteiger partial charge in [-0.25, -0.2) is 4.79 Å². The minimum absolute atomic E-state index is 0.0526. The number of amides is 3. The first-order valence-electron chi connectivity index (χ1n) is 7.02. The van der Waals surface area contributed by atoms with Crippen molar-refractivity contribution >= 4 is 23.3 Å². The second-order valence-corrected chi connectivity index (χ2v) is 4.77. The van der Waals surface area contributed by atoms with Crippen molar-refractivity contribution in [3.05, 3.63) is 24.3 Å². The molecule has 0 aromatic heterocycles. The average molecular weight is 277 g/mol. The van der Waals surface area contributed by atoms with Gasteiger partial charge in [0.1, 0.15) is 0 Å². The number of carbonyl (C=O) groups is 2. The van der Waals surface area contributed by atoms with Crippen molar-refractivity contribution < 1.29 is 9.59 Å². The molecular formula is C15H23N3O2. The topological polar surface area (TPSA) is 70.2 Å². The standard InChI is InChI=1S/C15H23N3O2/c1-4-7-11(3)16-15(20)18-13-9-6-8-12(10-13)17-14(19)5-2/h6,8-11H,4-5,7H2,1-3H3,(H,17,19)(H2,16,18,20). The van der Waals surface area contributed by atoms with E-state index in [2.05, 4.69) is 22.9 Å². The molecular weight excluding hydrogens is 254 g/mol. The molecule has 5 heteroatoms. The molecule has 110 valence electrons. The zero-order chi connectivity index (χ0) is 15.0. The summed E-state index contributed by atoms with van der Waals surface area (Å²) in [6, 6.07) is 7.00. The van der Waals surface area contributed by atoms with Gasteiger partial charge in [0, 0.05) is 23.8 Å². The van der Waals surface area contributed by atoms with E-state index in [0.717, 1.165) is 12.8 Å². The van der Waals surface area contributed by atoms with Crippen LogP contribution >= 0.6 is 0 Å². The van der Waals surface area contributed by atoms with Crippen molar-refractivity contribution in [2.75, 3.05) is 10.6 Å². The molecule has 0 aliphatic rings. The summed E-state index contributed by atoms with van der Waals surface area (Å²) >= 11 is 0. The number of carbonyl (C=O) groups excluding carboxylic acids is 2. The van der Waals surface area contributed by atoms with Gasteiger partial charge < -0.3 is 16.0 Å². The molecule has 0 bridgehead atoms. The normalized spacial score (nSPS) is 11.6. The van der Waals surface area contributed by atoms with E-state index >= 15 is 0 Å². The molecule has 1 rings (SSSR count).